The fourth-order valence-electron chi connectivity index (χ4n) is 4.75. The number of ketones is 1. The van der Waals surface area contributed by atoms with Crippen molar-refractivity contribution in [2.45, 2.75) is 38.6 Å². The van der Waals surface area contributed by atoms with Crippen molar-refractivity contribution in [3.63, 3.8) is 0 Å². The van der Waals surface area contributed by atoms with Crippen molar-refractivity contribution in [1.82, 2.24) is 15.0 Å². The van der Waals surface area contributed by atoms with Crippen molar-refractivity contribution < 1.29 is 13.7 Å². The predicted molar refractivity (Wildman–Crippen MR) is 126 cm³/mol. The lowest BCUT2D eigenvalue weighted by atomic mass is 9.76. The van der Waals surface area contributed by atoms with E-state index < -0.39 is 0 Å². The fourth-order valence-corrected chi connectivity index (χ4v) is 4.75. The SMILES string of the molecule is Cc1ccc(C(=O)c2noc(C=CC3CCC(C(c4ccc(F)cc4)N(C)C)CC3)n2)cc1. The standard InChI is InChI=1S/C27H30FN3O2/c1-18-4-9-22(10-5-18)26(32)27-29-24(33-30-27)17-8-19-6-11-20(12-7-19)25(31(2)3)21-13-15-23(28)16-14-21/h4-5,8-10,13-17,19-20,25H,6-7,11-12H2,1-3H3. The van der Waals surface area contributed by atoms with Gasteiger partial charge in [-0.1, -0.05) is 53.2 Å². The van der Waals surface area contributed by atoms with Crippen LogP contribution in [0.5, 0.6) is 0 Å². The summed E-state index contributed by atoms with van der Waals surface area (Å²) in [5.41, 5.74) is 2.80. The second-order valence-electron chi connectivity index (χ2n) is 9.15. The molecule has 1 aromatic heterocycles. The van der Waals surface area contributed by atoms with Crippen LogP contribution in [0.1, 0.15) is 64.9 Å². The second kappa shape index (κ2) is 10.2. The van der Waals surface area contributed by atoms with Crippen LogP contribution < -0.4 is 0 Å². The predicted octanol–water partition coefficient (Wildman–Crippen LogP) is 5.87. The lowest BCUT2D eigenvalue weighted by Crippen LogP contribution is -2.30. The lowest BCUT2D eigenvalue weighted by Gasteiger charge is -2.37. The molecule has 0 saturated heterocycles. The summed E-state index contributed by atoms with van der Waals surface area (Å²) >= 11 is 0. The number of hydrogen-bond acceptors (Lipinski definition) is 5. The van der Waals surface area contributed by atoms with Gasteiger partial charge in [-0.25, -0.2) is 4.39 Å². The summed E-state index contributed by atoms with van der Waals surface area (Å²) in [6.07, 6.45) is 8.26. The van der Waals surface area contributed by atoms with Gasteiger partial charge in [0, 0.05) is 11.6 Å². The zero-order valence-electron chi connectivity index (χ0n) is 19.4. The van der Waals surface area contributed by atoms with Crippen molar-refractivity contribution in [3.05, 3.63) is 88.8 Å². The van der Waals surface area contributed by atoms with Crippen LogP contribution in [0.2, 0.25) is 0 Å². The van der Waals surface area contributed by atoms with Crippen molar-refractivity contribution in [3.8, 4) is 0 Å². The van der Waals surface area contributed by atoms with Gasteiger partial charge >= 0.3 is 0 Å². The normalized spacial score (nSPS) is 19.8. The molecule has 2 aromatic carbocycles. The quantitative estimate of drug-likeness (QED) is 0.424. The van der Waals surface area contributed by atoms with Crippen LogP contribution in [0.15, 0.2) is 59.1 Å². The van der Waals surface area contributed by atoms with Crippen LogP contribution in [0, 0.1) is 24.6 Å². The minimum atomic E-state index is -0.241. The summed E-state index contributed by atoms with van der Waals surface area (Å²) in [6, 6.07) is 14.5. The molecule has 1 saturated carbocycles. The average molecular weight is 448 g/mol. The Morgan fingerprint density at radius 3 is 2.36 bits per heavy atom. The highest BCUT2D eigenvalue weighted by atomic mass is 19.1. The molecule has 33 heavy (non-hydrogen) atoms. The molecule has 1 unspecified atom stereocenters. The van der Waals surface area contributed by atoms with Gasteiger partial charge in [0.25, 0.3) is 5.89 Å². The molecule has 172 valence electrons. The van der Waals surface area contributed by atoms with Crippen LogP contribution in [-0.4, -0.2) is 34.9 Å². The maximum Gasteiger partial charge on any atom is 0.250 e. The first-order valence-corrected chi connectivity index (χ1v) is 11.5. The number of aryl methyl sites for hydroxylation is 1. The Balaban J connectivity index is 1.35. The summed E-state index contributed by atoms with van der Waals surface area (Å²) in [5, 5.41) is 3.85. The third-order valence-electron chi connectivity index (χ3n) is 6.50. The summed E-state index contributed by atoms with van der Waals surface area (Å²) < 4.78 is 18.6. The molecule has 1 aliphatic rings. The molecule has 1 heterocycles. The fraction of sp³-hybridized carbons (Fsp3) is 0.370. The van der Waals surface area contributed by atoms with E-state index >= 15 is 0 Å². The van der Waals surface area contributed by atoms with Gasteiger partial charge in [0.05, 0.1) is 0 Å². The highest BCUT2D eigenvalue weighted by Gasteiger charge is 2.29. The molecule has 0 amide bonds. The minimum absolute atomic E-state index is 0.0790. The molecule has 6 heteroatoms. The highest BCUT2D eigenvalue weighted by Crippen LogP contribution is 2.39. The highest BCUT2D eigenvalue weighted by molar-refractivity contribution is 6.06. The number of benzene rings is 2. The largest absolute Gasteiger partial charge is 0.334 e. The van der Waals surface area contributed by atoms with Crippen LogP contribution in [-0.2, 0) is 0 Å². The van der Waals surface area contributed by atoms with Crippen LogP contribution >= 0.6 is 0 Å². The third kappa shape index (κ3) is 5.63. The number of carbonyl (C=O) groups is 1. The number of rotatable bonds is 7. The number of carbonyl (C=O) groups excluding carboxylic acids is 1. The molecular formula is C27H30FN3O2. The van der Waals surface area contributed by atoms with E-state index in [1.54, 1.807) is 24.3 Å². The molecule has 3 aromatic rings. The monoisotopic (exact) mass is 447 g/mol. The number of allylic oxidation sites excluding steroid dienone is 1. The van der Waals surface area contributed by atoms with Gasteiger partial charge in [-0.3, -0.25) is 4.79 Å². The first kappa shape index (κ1) is 23.1. The Morgan fingerprint density at radius 1 is 1.06 bits per heavy atom. The van der Waals surface area contributed by atoms with Gasteiger partial charge in [0.2, 0.25) is 11.6 Å². The molecular weight excluding hydrogens is 417 g/mol. The van der Waals surface area contributed by atoms with Gasteiger partial charge in [-0.2, -0.15) is 4.98 Å². The van der Waals surface area contributed by atoms with E-state index in [-0.39, 0.29) is 23.5 Å². The minimum Gasteiger partial charge on any atom is -0.334 e. The topological polar surface area (TPSA) is 59.2 Å². The Bertz CT molecular complexity index is 1100. The Morgan fingerprint density at radius 2 is 1.73 bits per heavy atom. The molecule has 0 spiro atoms. The first-order chi connectivity index (χ1) is 15.9. The Kier molecular flexibility index (Phi) is 7.14. The molecule has 1 aliphatic carbocycles. The number of aromatic nitrogens is 2. The molecule has 0 aliphatic heterocycles. The molecule has 1 atom stereocenters. The van der Waals surface area contributed by atoms with E-state index in [1.807, 2.05) is 37.3 Å². The Hall–Kier alpha value is -3.12. The smallest absolute Gasteiger partial charge is 0.250 e. The second-order valence-corrected chi connectivity index (χ2v) is 9.15. The van der Waals surface area contributed by atoms with Crippen molar-refractivity contribution in [1.29, 1.82) is 0 Å². The number of nitrogens with zero attached hydrogens (tertiary/aromatic N) is 3. The summed E-state index contributed by atoms with van der Waals surface area (Å²) in [7, 11) is 4.18. The van der Waals surface area contributed by atoms with Gasteiger partial charge in [-0.05, 0) is 82.3 Å². The van der Waals surface area contributed by atoms with Crippen molar-refractivity contribution in [2.24, 2.45) is 11.8 Å². The van der Waals surface area contributed by atoms with E-state index in [2.05, 4.69) is 35.2 Å². The molecule has 0 bridgehead atoms. The van der Waals surface area contributed by atoms with Crippen molar-refractivity contribution in [2.75, 3.05) is 14.1 Å². The molecule has 0 N–H and O–H groups in total. The van der Waals surface area contributed by atoms with E-state index in [4.69, 9.17) is 4.52 Å². The van der Waals surface area contributed by atoms with Gasteiger partial charge in [0.1, 0.15) is 5.82 Å². The summed E-state index contributed by atoms with van der Waals surface area (Å²) in [5.74, 6) is 0.947. The molecule has 4 rings (SSSR count). The summed E-state index contributed by atoms with van der Waals surface area (Å²) in [4.78, 5) is 19.0. The van der Waals surface area contributed by atoms with E-state index in [9.17, 15) is 9.18 Å². The third-order valence-corrected chi connectivity index (χ3v) is 6.50. The zero-order chi connectivity index (χ0) is 23.4. The maximum absolute atomic E-state index is 13.4. The zero-order valence-corrected chi connectivity index (χ0v) is 19.4. The summed E-state index contributed by atoms with van der Waals surface area (Å²) in [6.45, 7) is 1.97. The lowest BCUT2D eigenvalue weighted by molar-refractivity contribution is 0.102. The van der Waals surface area contributed by atoms with E-state index in [0.29, 0.717) is 23.3 Å². The first-order valence-electron chi connectivity index (χ1n) is 11.5. The van der Waals surface area contributed by atoms with Crippen LogP contribution in [0.3, 0.4) is 0 Å². The maximum atomic E-state index is 13.4. The Labute approximate surface area is 194 Å². The van der Waals surface area contributed by atoms with E-state index in [0.717, 1.165) is 36.8 Å². The number of halogens is 1. The van der Waals surface area contributed by atoms with Crippen LogP contribution in [0.4, 0.5) is 4.39 Å². The molecule has 5 nitrogen and oxygen atoms in total. The molecule has 0 radical (unpaired) electrons. The van der Waals surface area contributed by atoms with Gasteiger partial charge < -0.3 is 9.42 Å². The van der Waals surface area contributed by atoms with Gasteiger partial charge in [0.15, 0.2) is 0 Å². The van der Waals surface area contributed by atoms with Gasteiger partial charge in [-0.15, -0.1) is 0 Å². The number of hydrogen-bond donors (Lipinski definition) is 0. The average Bonchev–Trinajstić information content (AvgIpc) is 3.29. The van der Waals surface area contributed by atoms with Crippen LogP contribution in [0.25, 0.3) is 6.08 Å². The van der Waals surface area contributed by atoms with E-state index in [1.165, 1.54) is 0 Å². The molecule has 1 fully saturated rings. The van der Waals surface area contributed by atoms with Crippen molar-refractivity contribution >= 4 is 11.9 Å².